The van der Waals surface area contributed by atoms with Gasteiger partial charge in [0.15, 0.2) is 0 Å². The molecule has 1 heterocycles. The van der Waals surface area contributed by atoms with E-state index in [1.807, 2.05) is 0 Å². The average molecular weight is 298 g/mol. The van der Waals surface area contributed by atoms with E-state index in [0.717, 1.165) is 6.07 Å². The smallest absolute Gasteiger partial charge is 0.302 e. The van der Waals surface area contributed by atoms with Crippen molar-refractivity contribution >= 4 is 15.9 Å². The van der Waals surface area contributed by atoms with Crippen molar-refractivity contribution in [3.8, 4) is 0 Å². The van der Waals surface area contributed by atoms with Gasteiger partial charge in [-0.2, -0.15) is 13.2 Å². The number of hydrogen-bond donors (Lipinski definition) is 1. The zero-order chi connectivity index (χ0) is 11.9. The Hall–Kier alpha value is -0.620. The maximum atomic E-state index is 13.2. The fourth-order valence-electron chi connectivity index (χ4n) is 1.84. The summed E-state index contributed by atoms with van der Waals surface area (Å²) in [7, 11) is 0. The molecule has 0 radical (unpaired) electrons. The summed E-state index contributed by atoms with van der Waals surface area (Å²) in [5, 5.41) is 2.35. The summed E-state index contributed by atoms with van der Waals surface area (Å²) < 4.78 is 51.4. The van der Waals surface area contributed by atoms with Crippen LogP contribution >= 0.6 is 15.9 Å². The molecule has 1 aliphatic heterocycles. The topological polar surface area (TPSA) is 12.0 Å². The second-order valence-corrected chi connectivity index (χ2v) is 4.50. The lowest BCUT2D eigenvalue weighted by atomic mass is 9.94. The van der Waals surface area contributed by atoms with Crippen LogP contribution < -0.4 is 5.32 Å². The molecule has 16 heavy (non-hydrogen) atoms. The number of nitrogens with one attached hydrogen (secondary N) is 1. The molecular formula is C10H8BrF4N. The van der Waals surface area contributed by atoms with Crippen LogP contribution in [-0.2, 0) is 6.42 Å². The molecule has 2 rings (SSSR count). The summed E-state index contributed by atoms with van der Waals surface area (Å²) in [6, 6.07) is 0.604. The van der Waals surface area contributed by atoms with Gasteiger partial charge in [-0.1, -0.05) is 0 Å². The molecule has 0 aliphatic carbocycles. The van der Waals surface area contributed by atoms with E-state index in [0.29, 0.717) is 12.0 Å². The molecule has 1 aromatic rings. The SMILES string of the molecule is Fc1cc2c(cc1Br)CCNC2C(F)(F)F. The van der Waals surface area contributed by atoms with Crippen LogP contribution in [0.4, 0.5) is 17.6 Å². The summed E-state index contributed by atoms with van der Waals surface area (Å²) in [6.07, 6.45) is -3.92. The van der Waals surface area contributed by atoms with Crippen LogP contribution in [-0.4, -0.2) is 12.7 Å². The fourth-order valence-corrected chi connectivity index (χ4v) is 2.23. The van der Waals surface area contributed by atoms with Crippen molar-refractivity contribution in [1.82, 2.24) is 5.32 Å². The second kappa shape index (κ2) is 4.00. The maximum Gasteiger partial charge on any atom is 0.407 e. The van der Waals surface area contributed by atoms with E-state index in [4.69, 9.17) is 0 Å². The van der Waals surface area contributed by atoms with Gasteiger partial charge in [0, 0.05) is 6.54 Å². The first-order valence-corrected chi connectivity index (χ1v) is 5.47. The Morgan fingerprint density at radius 2 is 2.00 bits per heavy atom. The monoisotopic (exact) mass is 297 g/mol. The standard InChI is InChI=1S/C10H8BrF4N/c11-7-3-5-1-2-16-9(10(13,14)15)6(5)4-8(7)12/h3-4,9,16H,1-2H2. The highest BCUT2D eigenvalue weighted by Crippen LogP contribution is 2.38. The molecule has 0 saturated carbocycles. The Labute approximate surface area is 98.0 Å². The summed E-state index contributed by atoms with van der Waals surface area (Å²) in [5.41, 5.74) is 0.522. The van der Waals surface area contributed by atoms with Gasteiger partial charge in [-0.3, -0.25) is 0 Å². The zero-order valence-corrected chi connectivity index (χ0v) is 9.62. The van der Waals surface area contributed by atoms with Crippen molar-refractivity contribution in [2.75, 3.05) is 6.54 Å². The van der Waals surface area contributed by atoms with Crippen molar-refractivity contribution in [1.29, 1.82) is 0 Å². The second-order valence-electron chi connectivity index (χ2n) is 3.64. The third-order valence-corrected chi connectivity index (χ3v) is 3.17. The first kappa shape index (κ1) is 11.9. The maximum absolute atomic E-state index is 13.2. The molecule has 1 unspecified atom stereocenters. The number of hydrogen-bond acceptors (Lipinski definition) is 1. The van der Waals surface area contributed by atoms with Crippen LogP contribution in [0.5, 0.6) is 0 Å². The molecule has 0 fully saturated rings. The highest BCUT2D eigenvalue weighted by atomic mass is 79.9. The summed E-state index contributed by atoms with van der Waals surface area (Å²) in [4.78, 5) is 0. The third kappa shape index (κ3) is 2.08. The van der Waals surface area contributed by atoms with Gasteiger partial charge in [0.1, 0.15) is 11.9 Å². The molecule has 0 saturated heterocycles. The van der Waals surface area contributed by atoms with Crippen LogP contribution in [0.2, 0.25) is 0 Å². The Morgan fingerprint density at radius 1 is 1.31 bits per heavy atom. The van der Waals surface area contributed by atoms with E-state index in [1.165, 1.54) is 6.07 Å². The van der Waals surface area contributed by atoms with Crippen LogP contribution in [0, 0.1) is 5.82 Å². The van der Waals surface area contributed by atoms with E-state index >= 15 is 0 Å². The zero-order valence-electron chi connectivity index (χ0n) is 8.04. The predicted octanol–water partition coefficient (Wildman–Crippen LogP) is 3.34. The highest BCUT2D eigenvalue weighted by molar-refractivity contribution is 9.10. The number of benzene rings is 1. The summed E-state index contributed by atoms with van der Waals surface area (Å²) >= 11 is 2.97. The average Bonchev–Trinajstić information content (AvgIpc) is 2.17. The Bertz CT molecular complexity index is 416. The Kier molecular flexibility index (Phi) is 2.96. The van der Waals surface area contributed by atoms with Crippen LogP contribution in [0.3, 0.4) is 0 Å². The Balaban J connectivity index is 2.50. The molecule has 0 aromatic heterocycles. The van der Waals surface area contributed by atoms with Crippen molar-refractivity contribution in [3.63, 3.8) is 0 Å². The molecular weight excluding hydrogens is 290 g/mol. The van der Waals surface area contributed by atoms with E-state index < -0.39 is 18.0 Å². The lowest BCUT2D eigenvalue weighted by Crippen LogP contribution is -2.39. The van der Waals surface area contributed by atoms with Crippen molar-refractivity contribution in [2.24, 2.45) is 0 Å². The minimum atomic E-state index is -4.39. The summed E-state index contributed by atoms with van der Waals surface area (Å²) in [6.45, 7) is 0.245. The number of alkyl halides is 3. The van der Waals surface area contributed by atoms with Crippen LogP contribution in [0.25, 0.3) is 0 Å². The van der Waals surface area contributed by atoms with Gasteiger partial charge < -0.3 is 5.32 Å². The molecule has 1 atom stereocenters. The molecule has 88 valence electrons. The first-order chi connectivity index (χ1) is 7.39. The van der Waals surface area contributed by atoms with Gasteiger partial charge in [0.25, 0.3) is 0 Å². The predicted molar refractivity (Wildman–Crippen MR) is 54.6 cm³/mol. The normalized spacial score (nSPS) is 20.7. The van der Waals surface area contributed by atoms with Crippen molar-refractivity contribution in [3.05, 3.63) is 33.5 Å². The quantitative estimate of drug-likeness (QED) is 0.724. The van der Waals surface area contributed by atoms with Gasteiger partial charge >= 0.3 is 6.18 Å². The van der Waals surface area contributed by atoms with Gasteiger partial charge in [0.05, 0.1) is 4.47 Å². The van der Waals surface area contributed by atoms with E-state index in [9.17, 15) is 17.6 Å². The lowest BCUT2D eigenvalue weighted by molar-refractivity contribution is -0.158. The summed E-state index contributed by atoms with van der Waals surface area (Å²) in [5.74, 6) is -0.670. The number of rotatable bonds is 0. The molecule has 1 aromatic carbocycles. The Morgan fingerprint density at radius 3 is 2.62 bits per heavy atom. The van der Waals surface area contributed by atoms with Crippen molar-refractivity contribution < 1.29 is 17.6 Å². The van der Waals surface area contributed by atoms with E-state index in [1.54, 1.807) is 0 Å². The fraction of sp³-hybridized carbons (Fsp3) is 0.400. The molecule has 1 N–H and O–H groups in total. The van der Waals surface area contributed by atoms with Gasteiger partial charge in [-0.15, -0.1) is 0 Å². The molecule has 0 bridgehead atoms. The lowest BCUT2D eigenvalue weighted by Gasteiger charge is -2.28. The first-order valence-electron chi connectivity index (χ1n) is 4.67. The minimum Gasteiger partial charge on any atom is -0.302 e. The largest absolute Gasteiger partial charge is 0.407 e. The minimum absolute atomic E-state index is 0.0144. The van der Waals surface area contributed by atoms with Gasteiger partial charge in [0.2, 0.25) is 0 Å². The van der Waals surface area contributed by atoms with Gasteiger partial charge in [-0.05, 0) is 45.6 Å². The van der Waals surface area contributed by atoms with Crippen molar-refractivity contribution in [2.45, 2.75) is 18.6 Å². The number of halogens is 5. The van der Waals surface area contributed by atoms with Crippen LogP contribution in [0.1, 0.15) is 17.2 Å². The molecule has 6 heteroatoms. The molecule has 1 nitrogen and oxygen atoms in total. The molecule has 1 aliphatic rings. The van der Waals surface area contributed by atoms with E-state index in [-0.39, 0.29) is 16.6 Å². The third-order valence-electron chi connectivity index (χ3n) is 2.56. The highest BCUT2D eigenvalue weighted by Gasteiger charge is 2.43. The van der Waals surface area contributed by atoms with E-state index in [2.05, 4.69) is 21.2 Å². The van der Waals surface area contributed by atoms with Crippen LogP contribution in [0.15, 0.2) is 16.6 Å². The van der Waals surface area contributed by atoms with Gasteiger partial charge in [-0.25, -0.2) is 4.39 Å². The molecule has 0 spiro atoms. The number of fused-ring (bicyclic) bond motifs is 1. The molecule has 0 amide bonds.